The Hall–Kier alpha value is -1.30. The SMILES string of the molecule is CCN(CC1CCC1)C(=O)c1sc(NC2CCC2)nc1N. The van der Waals surface area contributed by atoms with E-state index < -0.39 is 0 Å². The van der Waals surface area contributed by atoms with Crippen molar-refractivity contribution in [1.82, 2.24) is 9.88 Å². The quantitative estimate of drug-likeness (QED) is 0.847. The van der Waals surface area contributed by atoms with Crippen LogP contribution in [0.3, 0.4) is 0 Å². The molecule has 2 aliphatic carbocycles. The Morgan fingerprint density at radius 3 is 2.62 bits per heavy atom. The minimum Gasteiger partial charge on any atom is -0.382 e. The number of amides is 1. The van der Waals surface area contributed by atoms with Crippen LogP contribution in [-0.4, -0.2) is 34.9 Å². The van der Waals surface area contributed by atoms with Gasteiger partial charge in [0, 0.05) is 19.1 Å². The average molecular weight is 308 g/mol. The maximum absolute atomic E-state index is 12.6. The fourth-order valence-corrected chi connectivity index (χ4v) is 3.69. The lowest BCUT2D eigenvalue weighted by Crippen LogP contribution is -2.37. The number of rotatable bonds is 6. The number of thiazole rings is 1. The van der Waals surface area contributed by atoms with Crippen molar-refractivity contribution in [3.05, 3.63) is 4.88 Å². The second kappa shape index (κ2) is 6.22. The largest absolute Gasteiger partial charge is 0.382 e. The summed E-state index contributed by atoms with van der Waals surface area (Å²) >= 11 is 1.40. The molecule has 0 spiro atoms. The predicted molar refractivity (Wildman–Crippen MR) is 86.7 cm³/mol. The molecule has 3 N–H and O–H groups in total. The van der Waals surface area contributed by atoms with Crippen molar-refractivity contribution in [2.75, 3.05) is 24.1 Å². The lowest BCUT2D eigenvalue weighted by Gasteiger charge is -2.31. The standard InChI is InChI=1S/C15H24N4OS/c1-2-19(9-10-5-3-6-10)14(20)12-13(16)18-15(21-12)17-11-7-4-8-11/h10-11H,2-9,16H2,1H3,(H,17,18). The summed E-state index contributed by atoms with van der Waals surface area (Å²) in [6, 6.07) is 0.510. The minimum atomic E-state index is 0.0426. The summed E-state index contributed by atoms with van der Waals surface area (Å²) in [6.07, 6.45) is 7.44. The zero-order valence-corrected chi connectivity index (χ0v) is 13.4. The van der Waals surface area contributed by atoms with Crippen molar-refractivity contribution < 1.29 is 4.79 Å². The summed E-state index contributed by atoms with van der Waals surface area (Å²) in [5.74, 6) is 1.09. The first-order chi connectivity index (χ1) is 10.2. The Kier molecular flexibility index (Phi) is 4.33. The van der Waals surface area contributed by atoms with Crippen LogP contribution in [0.2, 0.25) is 0 Å². The van der Waals surface area contributed by atoms with Gasteiger partial charge in [-0.05, 0) is 44.9 Å². The van der Waals surface area contributed by atoms with Crippen molar-refractivity contribution in [1.29, 1.82) is 0 Å². The number of anilines is 2. The Bertz CT molecular complexity index is 508. The molecule has 0 saturated heterocycles. The van der Waals surface area contributed by atoms with E-state index in [2.05, 4.69) is 10.3 Å². The molecule has 1 aromatic heterocycles. The van der Waals surface area contributed by atoms with Crippen LogP contribution in [0, 0.1) is 5.92 Å². The minimum absolute atomic E-state index is 0.0426. The monoisotopic (exact) mass is 308 g/mol. The van der Waals surface area contributed by atoms with Gasteiger partial charge in [0.1, 0.15) is 10.7 Å². The van der Waals surface area contributed by atoms with Gasteiger partial charge in [0.05, 0.1) is 0 Å². The van der Waals surface area contributed by atoms with Gasteiger partial charge in [-0.2, -0.15) is 0 Å². The molecule has 21 heavy (non-hydrogen) atoms. The first-order valence-electron chi connectivity index (χ1n) is 7.99. The van der Waals surface area contributed by atoms with Crippen LogP contribution in [0.1, 0.15) is 55.1 Å². The molecule has 0 bridgehead atoms. The number of hydrogen-bond acceptors (Lipinski definition) is 5. The van der Waals surface area contributed by atoms with Crippen LogP contribution in [0.4, 0.5) is 10.9 Å². The van der Waals surface area contributed by atoms with E-state index in [0.29, 0.717) is 22.7 Å². The van der Waals surface area contributed by atoms with Gasteiger partial charge in [-0.3, -0.25) is 4.79 Å². The van der Waals surface area contributed by atoms with Crippen molar-refractivity contribution in [2.24, 2.45) is 5.92 Å². The van der Waals surface area contributed by atoms with Crippen LogP contribution < -0.4 is 11.1 Å². The maximum atomic E-state index is 12.6. The van der Waals surface area contributed by atoms with Crippen LogP contribution >= 0.6 is 11.3 Å². The zero-order valence-electron chi connectivity index (χ0n) is 12.6. The van der Waals surface area contributed by atoms with E-state index in [1.54, 1.807) is 0 Å². The number of nitrogen functional groups attached to an aromatic ring is 1. The molecule has 116 valence electrons. The molecular weight excluding hydrogens is 284 g/mol. The third-order valence-electron chi connectivity index (χ3n) is 4.65. The van der Waals surface area contributed by atoms with Crippen molar-refractivity contribution >= 4 is 28.2 Å². The van der Waals surface area contributed by atoms with E-state index in [9.17, 15) is 4.79 Å². The Labute approximate surface area is 129 Å². The van der Waals surface area contributed by atoms with E-state index >= 15 is 0 Å². The molecule has 2 aliphatic rings. The number of nitrogens with two attached hydrogens (primary N) is 1. The zero-order chi connectivity index (χ0) is 14.8. The summed E-state index contributed by atoms with van der Waals surface area (Å²) in [5, 5.41) is 4.16. The predicted octanol–water partition coefficient (Wildman–Crippen LogP) is 2.95. The van der Waals surface area contributed by atoms with Gasteiger partial charge in [0.25, 0.3) is 5.91 Å². The van der Waals surface area contributed by atoms with Gasteiger partial charge in [0.15, 0.2) is 5.13 Å². The highest BCUT2D eigenvalue weighted by Crippen LogP contribution is 2.32. The molecular formula is C15H24N4OS. The van der Waals surface area contributed by atoms with Crippen molar-refractivity contribution in [3.63, 3.8) is 0 Å². The number of carbonyl (C=O) groups excluding carboxylic acids is 1. The summed E-state index contributed by atoms with van der Waals surface area (Å²) in [7, 11) is 0. The summed E-state index contributed by atoms with van der Waals surface area (Å²) in [6.45, 7) is 3.62. The lowest BCUT2D eigenvalue weighted by molar-refractivity contribution is 0.0712. The topological polar surface area (TPSA) is 71.2 Å². The number of aromatic nitrogens is 1. The molecule has 0 radical (unpaired) electrons. The molecule has 5 nitrogen and oxygen atoms in total. The molecule has 6 heteroatoms. The third kappa shape index (κ3) is 3.15. The average Bonchev–Trinajstić information content (AvgIpc) is 2.73. The first kappa shape index (κ1) is 14.6. The second-order valence-electron chi connectivity index (χ2n) is 6.15. The normalized spacial score (nSPS) is 18.9. The molecule has 2 fully saturated rings. The van der Waals surface area contributed by atoms with E-state index in [1.165, 1.54) is 49.9 Å². The Morgan fingerprint density at radius 2 is 2.10 bits per heavy atom. The van der Waals surface area contributed by atoms with Gasteiger partial charge < -0.3 is 16.0 Å². The number of carbonyl (C=O) groups is 1. The number of hydrogen-bond donors (Lipinski definition) is 2. The van der Waals surface area contributed by atoms with Gasteiger partial charge in [0.2, 0.25) is 0 Å². The lowest BCUT2D eigenvalue weighted by atomic mass is 9.85. The molecule has 0 aromatic carbocycles. The summed E-state index contributed by atoms with van der Waals surface area (Å²) < 4.78 is 0. The maximum Gasteiger partial charge on any atom is 0.267 e. The van der Waals surface area contributed by atoms with E-state index in [0.717, 1.165) is 18.2 Å². The molecule has 0 unspecified atom stereocenters. The second-order valence-corrected chi connectivity index (χ2v) is 7.15. The Balaban J connectivity index is 1.66. The molecule has 3 rings (SSSR count). The van der Waals surface area contributed by atoms with E-state index in [4.69, 9.17) is 5.73 Å². The third-order valence-corrected chi connectivity index (χ3v) is 5.64. The first-order valence-corrected chi connectivity index (χ1v) is 8.81. The smallest absolute Gasteiger partial charge is 0.267 e. The van der Waals surface area contributed by atoms with Gasteiger partial charge in [-0.15, -0.1) is 0 Å². The van der Waals surface area contributed by atoms with Crippen LogP contribution in [0.25, 0.3) is 0 Å². The highest BCUT2D eigenvalue weighted by Gasteiger charge is 2.27. The van der Waals surface area contributed by atoms with Gasteiger partial charge in [-0.1, -0.05) is 17.8 Å². The molecule has 1 amide bonds. The summed E-state index contributed by atoms with van der Waals surface area (Å²) in [5.41, 5.74) is 5.96. The molecule has 2 saturated carbocycles. The molecule has 1 aromatic rings. The van der Waals surface area contributed by atoms with Crippen molar-refractivity contribution in [3.8, 4) is 0 Å². The molecule has 0 aliphatic heterocycles. The van der Waals surface area contributed by atoms with E-state index in [1.807, 2.05) is 11.8 Å². The Morgan fingerprint density at radius 1 is 1.38 bits per heavy atom. The highest BCUT2D eigenvalue weighted by molar-refractivity contribution is 7.18. The summed E-state index contributed by atoms with van der Waals surface area (Å²) in [4.78, 5) is 19.5. The fraction of sp³-hybridized carbons (Fsp3) is 0.733. The fourth-order valence-electron chi connectivity index (χ4n) is 2.76. The van der Waals surface area contributed by atoms with Gasteiger partial charge >= 0.3 is 0 Å². The molecule has 1 heterocycles. The van der Waals surface area contributed by atoms with E-state index in [-0.39, 0.29) is 5.91 Å². The number of nitrogens with one attached hydrogen (secondary N) is 1. The highest BCUT2D eigenvalue weighted by atomic mass is 32.1. The van der Waals surface area contributed by atoms with Gasteiger partial charge in [-0.25, -0.2) is 4.98 Å². The van der Waals surface area contributed by atoms with Crippen LogP contribution in [-0.2, 0) is 0 Å². The van der Waals surface area contributed by atoms with Crippen LogP contribution in [0.15, 0.2) is 0 Å². The number of nitrogens with zero attached hydrogens (tertiary/aromatic N) is 2. The van der Waals surface area contributed by atoms with Crippen molar-refractivity contribution in [2.45, 2.75) is 51.5 Å². The van der Waals surface area contributed by atoms with Crippen LogP contribution in [0.5, 0.6) is 0 Å². The molecule has 0 atom stereocenters.